The molecule has 0 fully saturated rings. The van der Waals surface area contributed by atoms with E-state index < -0.39 is 0 Å². The first-order valence-corrected chi connectivity index (χ1v) is 19.5. The third-order valence-corrected chi connectivity index (χ3v) is 11.5. The van der Waals surface area contributed by atoms with Crippen LogP contribution in [0.1, 0.15) is 11.1 Å². The van der Waals surface area contributed by atoms with E-state index in [1.165, 1.54) is 54.9 Å². The lowest BCUT2D eigenvalue weighted by molar-refractivity contribution is 0.695. The van der Waals surface area contributed by atoms with Crippen molar-refractivity contribution in [3.8, 4) is 39.9 Å². The Balaban J connectivity index is 0.997. The molecule has 0 amide bonds. The largest absolute Gasteiger partial charge is 0.309 e. The van der Waals surface area contributed by atoms with Gasteiger partial charge < -0.3 is 4.57 Å². The minimum atomic E-state index is 0.286. The molecule has 0 spiro atoms. The Bertz CT molecular complexity index is 3040. The number of benzene rings is 7. The van der Waals surface area contributed by atoms with E-state index in [1.54, 1.807) is 0 Å². The van der Waals surface area contributed by atoms with Crippen LogP contribution in [0.5, 0.6) is 0 Å². The van der Waals surface area contributed by atoms with Crippen molar-refractivity contribution in [3.63, 3.8) is 0 Å². The van der Waals surface area contributed by atoms with Crippen molar-refractivity contribution in [3.05, 3.63) is 217 Å². The first-order chi connectivity index (χ1) is 28.3. The molecule has 0 N–H and O–H groups in total. The van der Waals surface area contributed by atoms with Gasteiger partial charge in [-0.1, -0.05) is 164 Å². The van der Waals surface area contributed by atoms with Crippen molar-refractivity contribution in [1.29, 1.82) is 0 Å². The molecule has 11 rings (SSSR count). The molecule has 2 aliphatic carbocycles. The molecule has 0 aliphatic heterocycles. The Kier molecular flexibility index (Phi) is 7.92. The summed E-state index contributed by atoms with van der Waals surface area (Å²) in [7, 11) is 0. The summed E-state index contributed by atoms with van der Waals surface area (Å²) in [5, 5.41) is 4.99. The minimum absolute atomic E-state index is 0.286. The fraction of sp³-hybridized carbons (Fsp3) is 0.0377. The van der Waals surface area contributed by atoms with E-state index in [0.29, 0.717) is 23.4 Å². The number of allylic oxidation sites excluding steroid dienone is 8. The monoisotopic (exact) mass is 728 g/mol. The molecular weight excluding hydrogens is 693 g/mol. The predicted octanol–water partition coefficient (Wildman–Crippen LogP) is 13.0. The van der Waals surface area contributed by atoms with Crippen molar-refractivity contribution >= 4 is 43.7 Å². The quantitative estimate of drug-likeness (QED) is 0.171. The molecule has 2 unspecified atom stereocenters. The first-order valence-electron chi connectivity index (χ1n) is 19.5. The molecule has 0 saturated heterocycles. The van der Waals surface area contributed by atoms with Gasteiger partial charge in [-0.3, -0.25) is 0 Å². The second kappa shape index (κ2) is 13.7. The molecule has 57 heavy (non-hydrogen) atoms. The lowest BCUT2D eigenvalue weighted by Crippen LogP contribution is -2.19. The smallest absolute Gasteiger partial charge is 0.164 e. The van der Waals surface area contributed by atoms with Crippen LogP contribution in [0.2, 0.25) is 0 Å². The van der Waals surface area contributed by atoms with Crippen LogP contribution in [0.25, 0.3) is 83.6 Å². The normalized spacial score (nSPS) is 16.1. The average molecular weight is 729 g/mol. The van der Waals surface area contributed by atoms with Gasteiger partial charge in [-0.15, -0.1) is 0 Å². The van der Waals surface area contributed by atoms with Crippen LogP contribution in [0.4, 0.5) is 0 Å². The van der Waals surface area contributed by atoms with Crippen LogP contribution in [0, 0.1) is 11.8 Å². The van der Waals surface area contributed by atoms with Crippen LogP contribution < -0.4 is 0 Å². The Morgan fingerprint density at radius 3 is 1.51 bits per heavy atom. The first kappa shape index (κ1) is 33.0. The van der Waals surface area contributed by atoms with E-state index in [0.717, 1.165) is 22.4 Å². The van der Waals surface area contributed by atoms with Gasteiger partial charge >= 0.3 is 0 Å². The zero-order chi connectivity index (χ0) is 37.7. The van der Waals surface area contributed by atoms with Gasteiger partial charge in [0.1, 0.15) is 0 Å². The standard InChI is InChI=1S/C53H36N4/c1-4-14-35(15-5-1)42-31-32-43(46-21-11-10-20-45(42)46)39-26-30-44-40(34-39)27-33-49-50(44)47-22-12-13-23-48(47)57(49)41-28-24-38(25-29-41)53-55-51(36-16-6-2-7-17-36)54-52(56-53)37-18-8-3-9-19-37/h1-34,45-46H. The SMILES string of the molecule is C1=CC2C(c3ccccc3)=CC=C(c3ccc4c(ccc5c4c4ccccc4n5-c4ccc(-c5nc(-c6ccccc6)nc(-c6ccccc6)n5)cc4)c3)C2C=C1. The van der Waals surface area contributed by atoms with Crippen molar-refractivity contribution in [1.82, 2.24) is 19.5 Å². The zero-order valence-corrected chi connectivity index (χ0v) is 31.1. The van der Waals surface area contributed by atoms with E-state index in [9.17, 15) is 0 Å². The Labute approximate surface area is 331 Å². The molecule has 4 heteroatoms. The molecular formula is C53H36N4. The maximum atomic E-state index is 4.96. The average Bonchev–Trinajstić information content (AvgIpc) is 3.64. The van der Waals surface area contributed by atoms with Gasteiger partial charge in [0.2, 0.25) is 0 Å². The van der Waals surface area contributed by atoms with Gasteiger partial charge in [-0.05, 0) is 75.5 Å². The summed E-state index contributed by atoms with van der Waals surface area (Å²) in [5.41, 5.74) is 11.6. The number of hydrogen-bond acceptors (Lipinski definition) is 3. The molecule has 0 saturated carbocycles. The lowest BCUT2D eigenvalue weighted by Gasteiger charge is -2.32. The summed E-state index contributed by atoms with van der Waals surface area (Å²) in [6.07, 6.45) is 13.8. The second-order valence-electron chi connectivity index (χ2n) is 14.8. The maximum absolute atomic E-state index is 4.96. The molecule has 2 aliphatic rings. The molecule has 268 valence electrons. The lowest BCUT2D eigenvalue weighted by atomic mass is 9.71. The fourth-order valence-corrected chi connectivity index (χ4v) is 8.76. The summed E-state index contributed by atoms with van der Waals surface area (Å²) >= 11 is 0. The maximum Gasteiger partial charge on any atom is 0.164 e. The number of nitrogens with zero attached hydrogens (tertiary/aromatic N) is 4. The van der Waals surface area contributed by atoms with E-state index in [2.05, 4.69) is 150 Å². The highest BCUT2D eigenvalue weighted by Gasteiger charge is 2.30. The van der Waals surface area contributed by atoms with Crippen molar-refractivity contribution in [2.45, 2.75) is 0 Å². The second-order valence-corrected chi connectivity index (χ2v) is 14.8. The molecule has 0 bridgehead atoms. The number of hydrogen-bond donors (Lipinski definition) is 0. The van der Waals surface area contributed by atoms with Crippen LogP contribution >= 0.6 is 0 Å². The van der Waals surface area contributed by atoms with Crippen molar-refractivity contribution in [2.75, 3.05) is 0 Å². The molecule has 9 aromatic rings. The minimum Gasteiger partial charge on any atom is -0.309 e. The van der Waals surface area contributed by atoms with E-state index in [4.69, 9.17) is 15.0 Å². The summed E-state index contributed by atoms with van der Waals surface area (Å²) in [4.78, 5) is 14.8. The van der Waals surface area contributed by atoms with Crippen LogP contribution in [0.15, 0.2) is 206 Å². The fourth-order valence-electron chi connectivity index (χ4n) is 8.76. The van der Waals surface area contributed by atoms with Crippen molar-refractivity contribution < 1.29 is 0 Å². The van der Waals surface area contributed by atoms with Crippen LogP contribution in [-0.4, -0.2) is 19.5 Å². The molecule has 2 aromatic heterocycles. The summed E-state index contributed by atoms with van der Waals surface area (Å²) in [6, 6.07) is 60.0. The van der Waals surface area contributed by atoms with Gasteiger partial charge in [0.15, 0.2) is 17.5 Å². The van der Waals surface area contributed by atoms with Crippen LogP contribution in [0.3, 0.4) is 0 Å². The number of fused-ring (bicyclic) bond motifs is 6. The van der Waals surface area contributed by atoms with E-state index in [-0.39, 0.29) is 5.92 Å². The Morgan fingerprint density at radius 1 is 0.386 bits per heavy atom. The third kappa shape index (κ3) is 5.73. The molecule has 4 nitrogen and oxygen atoms in total. The van der Waals surface area contributed by atoms with E-state index >= 15 is 0 Å². The summed E-state index contributed by atoms with van der Waals surface area (Å²) < 4.78 is 2.38. The molecule has 2 heterocycles. The third-order valence-electron chi connectivity index (χ3n) is 11.5. The number of aromatic nitrogens is 4. The zero-order valence-electron chi connectivity index (χ0n) is 31.1. The molecule has 7 aromatic carbocycles. The Hall–Kier alpha value is -7.43. The van der Waals surface area contributed by atoms with Gasteiger partial charge in [-0.2, -0.15) is 0 Å². The number of para-hydroxylation sites is 1. The van der Waals surface area contributed by atoms with Crippen LogP contribution in [-0.2, 0) is 0 Å². The van der Waals surface area contributed by atoms with Gasteiger partial charge in [0.05, 0.1) is 11.0 Å². The highest BCUT2D eigenvalue weighted by molar-refractivity contribution is 6.21. The highest BCUT2D eigenvalue weighted by atomic mass is 15.0. The van der Waals surface area contributed by atoms with E-state index in [1.807, 2.05) is 60.7 Å². The molecule has 2 atom stereocenters. The number of rotatable bonds is 6. The predicted molar refractivity (Wildman–Crippen MR) is 236 cm³/mol. The van der Waals surface area contributed by atoms with Gasteiger partial charge in [0, 0.05) is 45.0 Å². The van der Waals surface area contributed by atoms with Gasteiger partial charge in [-0.25, -0.2) is 15.0 Å². The summed E-state index contributed by atoms with van der Waals surface area (Å²) in [5.74, 6) is 2.54. The molecule has 0 radical (unpaired) electrons. The van der Waals surface area contributed by atoms with Gasteiger partial charge in [0.25, 0.3) is 0 Å². The summed E-state index contributed by atoms with van der Waals surface area (Å²) in [6.45, 7) is 0. The topological polar surface area (TPSA) is 43.6 Å². The highest BCUT2D eigenvalue weighted by Crippen LogP contribution is 2.45. The van der Waals surface area contributed by atoms with Crippen molar-refractivity contribution in [2.24, 2.45) is 11.8 Å². The Morgan fingerprint density at radius 2 is 0.895 bits per heavy atom.